The minimum atomic E-state index is 0.406. The van der Waals surface area contributed by atoms with E-state index in [9.17, 15) is 0 Å². The van der Waals surface area contributed by atoms with Gasteiger partial charge in [0, 0.05) is 13.0 Å². The zero-order valence-electron chi connectivity index (χ0n) is 7.94. The van der Waals surface area contributed by atoms with E-state index in [0.29, 0.717) is 24.1 Å². The number of aromatic nitrogens is 2. The summed E-state index contributed by atoms with van der Waals surface area (Å²) in [6.07, 6.45) is 2.09. The highest BCUT2D eigenvalue weighted by Crippen LogP contribution is 2.12. The molecule has 2 aromatic rings. The second kappa shape index (κ2) is 4.95. The lowest BCUT2D eigenvalue weighted by Gasteiger charge is -1.98. The summed E-state index contributed by atoms with van der Waals surface area (Å²) in [5.74, 6) is 1.44. The number of hydrogen-bond donors (Lipinski definition) is 1. The van der Waals surface area contributed by atoms with E-state index in [4.69, 9.17) is 20.5 Å². The van der Waals surface area contributed by atoms with Gasteiger partial charge in [0.2, 0.25) is 5.89 Å². The zero-order chi connectivity index (χ0) is 10.5. The number of nitrogens with zero attached hydrogens (tertiary/aromatic N) is 2. The molecule has 0 aliphatic heterocycles. The molecule has 0 saturated carbocycles. The fraction of sp³-hybridized carbons (Fsp3) is 0.333. The Labute approximate surface area is 91.4 Å². The molecule has 2 rings (SSSR count). The van der Waals surface area contributed by atoms with Crippen LogP contribution in [0.2, 0.25) is 5.22 Å². The lowest BCUT2D eigenvalue weighted by molar-refractivity contribution is 0.373. The van der Waals surface area contributed by atoms with E-state index in [2.05, 4.69) is 15.5 Å². The van der Waals surface area contributed by atoms with Crippen molar-refractivity contribution in [3.63, 3.8) is 0 Å². The Morgan fingerprint density at radius 2 is 2.33 bits per heavy atom. The van der Waals surface area contributed by atoms with Crippen molar-refractivity contribution < 1.29 is 8.94 Å². The van der Waals surface area contributed by atoms with Crippen LogP contribution < -0.4 is 5.32 Å². The summed E-state index contributed by atoms with van der Waals surface area (Å²) < 4.78 is 10.0. The van der Waals surface area contributed by atoms with Crippen molar-refractivity contribution in [3.05, 3.63) is 35.3 Å². The molecule has 15 heavy (non-hydrogen) atoms. The van der Waals surface area contributed by atoms with Crippen LogP contribution >= 0.6 is 11.6 Å². The Morgan fingerprint density at radius 3 is 3.00 bits per heavy atom. The molecule has 0 bridgehead atoms. The largest absolute Gasteiger partial charge is 0.448 e. The van der Waals surface area contributed by atoms with E-state index in [1.165, 1.54) is 6.33 Å². The molecule has 5 nitrogen and oxygen atoms in total. The molecule has 6 heteroatoms. The summed E-state index contributed by atoms with van der Waals surface area (Å²) in [4.78, 5) is 3.90. The average Bonchev–Trinajstić information content (AvgIpc) is 2.84. The minimum absolute atomic E-state index is 0.406. The predicted molar refractivity (Wildman–Crippen MR) is 53.4 cm³/mol. The third-order valence-corrected chi connectivity index (χ3v) is 2.05. The Balaban J connectivity index is 1.67. The third-order valence-electron chi connectivity index (χ3n) is 1.85. The number of halogens is 1. The van der Waals surface area contributed by atoms with E-state index in [1.807, 2.05) is 6.07 Å². The zero-order valence-corrected chi connectivity index (χ0v) is 8.70. The topological polar surface area (TPSA) is 64.1 Å². The molecule has 0 amide bonds. The molecule has 2 aromatic heterocycles. The van der Waals surface area contributed by atoms with Crippen LogP contribution in [0.15, 0.2) is 27.4 Å². The van der Waals surface area contributed by atoms with Crippen LogP contribution in [0.25, 0.3) is 0 Å². The lowest BCUT2D eigenvalue weighted by atomic mass is 10.4. The van der Waals surface area contributed by atoms with Crippen molar-refractivity contribution in [2.24, 2.45) is 0 Å². The molecule has 0 fully saturated rings. The Bertz CT molecular complexity index is 399. The standard InChI is InChI=1S/C9H10ClN3O2/c10-8-2-1-7(14-8)5-11-4-3-9-12-6-13-15-9/h1-2,6,11H,3-5H2. The van der Waals surface area contributed by atoms with Gasteiger partial charge in [0.25, 0.3) is 0 Å². The third kappa shape index (κ3) is 3.07. The first kappa shape index (κ1) is 10.2. The number of rotatable bonds is 5. The quantitative estimate of drug-likeness (QED) is 0.787. The van der Waals surface area contributed by atoms with E-state index in [0.717, 1.165) is 12.3 Å². The fourth-order valence-electron chi connectivity index (χ4n) is 1.16. The predicted octanol–water partition coefficient (Wildman–Crippen LogP) is 1.65. The van der Waals surface area contributed by atoms with Crippen molar-refractivity contribution in [1.29, 1.82) is 0 Å². The summed E-state index contributed by atoms with van der Waals surface area (Å²) in [5.41, 5.74) is 0. The first-order valence-corrected chi connectivity index (χ1v) is 4.93. The van der Waals surface area contributed by atoms with Crippen LogP contribution in [0.4, 0.5) is 0 Å². The maximum Gasteiger partial charge on any atom is 0.227 e. The van der Waals surface area contributed by atoms with Crippen LogP contribution in [0, 0.1) is 0 Å². The molecular formula is C9H10ClN3O2. The van der Waals surface area contributed by atoms with Crippen molar-refractivity contribution in [1.82, 2.24) is 15.5 Å². The van der Waals surface area contributed by atoms with Crippen LogP contribution in [0.5, 0.6) is 0 Å². The average molecular weight is 228 g/mol. The SMILES string of the molecule is Clc1ccc(CNCCc2ncno2)o1. The van der Waals surface area contributed by atoms with Crippen molar-refractivity contribution in [2.45, 2.75) is 13.0 Å². The Morgan fingerprint density at radius 1 is 1.40 bits per heavy atom. The molecule has 80 valence electrons. The highest BCUT2D eigenvalue weighted by molar-refractivity contribution is 6.28. The summed E-state index contributed by atoms with van der Waals surface area (Å²) in [7, 11) is 0. The van der Waals surface area contributed by atoms with Crippen LogP contribution in [0.1, 0.15) is 11.7 Å². The summed E-state index contributed by atoms with van der Waals surface area (Å²) in [6, 6.07) is 3.55. The van der Waals surface area contributed by atoms with Crippen molar-refractivity contribution in [2.75, 3.05) is 6.54 Å². The first-order chi connectivity index (χ1) is 7.34. The smallest absolute Gasteiger partial charge is 0.227 e. The van der Waals surface area contributed by atoms with Gasteiger partial charge in [-0.2, -0.15) is 4.98 Å². The van der Waals surface area contributed by atoms with Gasteiger partial charge < -0.3 is 14.3 Å². The Hall–Kier alpha value is -1.33. The number of hydrogen-bond acceptors (Lipinski definition) is 5. The molecule has 0 aliphatic carbocycles. The van der Waals surface area contributed by atoms with E-state index < -0.39 is 0 Å². The number of nitrogens with one attached hydrogen (secondary N) is 1. The van der Waals surface area contributed by atoms with Crippen molar-refractivity contribution in [3.8, 4) is 0 Å². The first-order valence-electron chi connectivity index (χ1n) is 4.55. The molecule has 0 spiro atoms. The normalized spacial score (nSPS) is 10.7. The molecule has 0 saturated heterocycles. The van der Waals surface area contributed by atoms with Gasteiger partial charge in [-0.1, -0.05) is 5.16 Å². The maximum absolute atomic E-state index is 5.63. The van der Waals surface area contributed by atoms with E-state index in [1.54, 1.807) is 6.07 Å². The molecule has 2 heterocycles. The monoisotopic (exact) mass is 227 g/mol. The van der Waals surface area contributed by atoms with Gasteiger partial charge in [0.1, 0.15) is 5.76 Å². The van der Waals surface area contributed by atoms with Gasteiger partial charge in [-0.25, -0.2) is 0 Å². The van der Waals surface area contributed by atoms with Gasteiger partial charge >= 0.3 is 0 Å². The molecule has 0 unspecified atom stereocenters. The molecule has 0 aliphatic rings. The minimum Gasteiger partial charge on any atom is -0.448 e. The van der Waals surface area contributed by atoms with Gasteiger partial charge in [-0.3, -0.25) is 0 Å². The van der Waals surface area contributed by atoms with Gasteiger partial charge in [-0.15, -0.1) is 0 Å². The van der Waals surface area contributed by atoms with Crippen LogP contribution in [0.3, 0.4) is 0 Å². The molecule has 0 aromatic carbocycles. The molecule has 1 N–H and O–H groups in total. The second-order valence-electron chi connectivity index (χ2n) is 2.97. The highest BCUT2D eigenvalue weighted by Gasteiger charge is 2.00. The highest BCUT2D eigenvalue weighted by atomic mass is 35.5. The lowest BCUT2D eigenvalue weighted by Crippen LogP contribution is -2.16. The van der Waals surface area contributed by atoms with Crippen molar-refractivity contribution >= 4 is 11.6 Å². The summed E-state index contributed by atoms with van der Waals surface area (Å²) in [6.45, 7) is 1.39. The molecule has 0 radical (unpaired) electrons. The summed E-state index contributed by atoms with van der Waals surface area (Å²) in [5, 5.41) is 7.09. The molecular weight excluding hydrogens is 218 g/mol. The second-order valence-corrected chi connectivity index (χ2v) is 3.34. The van der Waals surface area contributed by atoms with E-state index >= 15 is 0 Å². The van der Waals surface area contributed by atoms with E-state index in [-0.39, 0.29) is 0 Å². The van der Waals surface area contributed by atoms with Gasteiger partial charge in [0.05, 0.1) is 6.54 Å². The van der Waals surface area contributed by atoms with Gasteiger partial charge in [-0.05, 0) is 23.7 Å². The summed E-state index contributed by atoms with van der Waals surface area (Å²) >= 11 is 5.63. The molecule has 0 atom stereocenters. The maximum atomic E-state index is 5.63. The van der Waals surface area contributed by atoms with Crippen LogP contribution in [-0.2, 0) is 13.0 Å². The Kier molecular flexibility index (Phi) is 3.37. The van der Waals surface area contributed by atoms with Gasteiger partial charge in [0.15, 0.2) is 11.5 Å². The number of furan rings is 1. The fourth-order valence-corrected chi connectivity index (χ4v) is 1.32. The van der Waals surface area contributed by atoms with Crippen LogP contribution in [-0.4, -0.2) is 16.7 Å².